The highest BCUT2D eigenvalue weighted by atomic mass is 16.5. The molecule has 0 aromatic heterocycles. The van der Waals surface area contributed by atoms with Gasteiger partial charge in [-0.15, -0.1) is 0 Å². The highest BCUT2D eigenvalue weighted by Gasteiger charge is 2.33. The molecule has 16 heavy (non-hydrogen) atoms. The van der Waals surface area contributed by atoms with Gasteiger partial charge in [-0.05, 0) is 12.8 Å². The smallest absolute Gasteiger partial charge is 0.225 e. The molecule has 0 aromatic rings. The highest BCUT2D eigenvalue weighted by Crippen LogP contribution is 2.27. The lowest BCUT2D eigenvalue weighted by Crippen LogP contribution is -2.47. The van der Waals surface area contributed by atoms with Crippen LogP contribution in [-0.2, 0) is 9.53 Å². The summed E-state index contributed by atoms with van der Waals surface area (Å²) in [5.41, 5.74) is -0.661. The molecular weight excluding hydrogens is 206 g/mol. The number of hydrogen-bond acceptors (Lipinski definition) is 3. The fraction of sp³-hybridized carbons (Fsp3) is 0.917. The number of rotatable bonds is 3. The monoisotopic (exact) mass is 229 g/mol. The number of nitrogens with one attached hydrogen (secondary N) is 1. The van der Waals surface area contributed by atoms with Gasteiger partial charge < -0.3 is 15.2 Å². The Balaban J connectivity index is 2.48. The van der Waals surface area contributed by atoms with Gasteiger partial charge >= 0.3 is 0 Å². The predicted molar refractivity (Wildman–Crippen MR) is 62.0 cm³/mol. The van der Waals surface area contributed by atoms with Gasteiger partial charge in [0.2, 0.25) is 5.91 Å². The molecule has 4 heteroatoms. The second-order valence-corrected chi connectivity index (χ2v) is 5.75. The van der Waals surface area contributed by atoms with Crippen LogP contribution in [0.25, 0.3) is 0 Å². The van der Waals surface area contributed by atoms with Crippen LogP contribution < -0.4 is 5.32 Å². The molecule has 1 heterocycles. The Kier molecular flexibility index (Phi) is 4.33. The molecular formula is C12H23NO3. The number of hydrogen-bond donors (Lipinski definition) is 2. The molecule has 4 nitrogen and oxygen atoms in total. The van der Waals surface area contributed by atoms with Crippen LogP contribution in [0.15, 0.2) is 0 Å². The number of aliphatic hydroxyl groups is 1. The average Bonchev–Trinajstić information content (AvgIpc) is 2.26. The number of aliphatic hydroxyl groups excluding tert-OH is 1. The van der Waals surface area contributed by atoms with Gasteiger partial charge in [-0.1, -0.05) is 20.8 Å². The molecule has 0 radical (unpaired) electrons. The lowest BCUT2D eigenvalue weighted by atomic mass is 9.83. The Hall–Kier alpha value is -0.610. The maximum absolute atomic E-state index is 11.7. The van der Waals surface area contributed by atoms with Crippen molar-refractivity contribution in [2.24, 2.45) is 10.8 Å². The van der Waals surface area contributed by atoms with Crippen LogP contribution in [-0.4, -0.2) is 37.4 Å². The number of carbonyl (C=O) groups is 1. The van der Waals surface area contributed by atoms with E-state index in [0.29, 0.717) is 13.2 Å². The van der Waals surface area contributed by atoms with Crippen LogP contribution in [0.3, 0.4) is 0 Å². The minimum Gasteiger partial charge on any atom is -0.396 e. The van der Waals surface area contributed by atoms with E-state index in [1.165, 1.54) is 0 Å². The minimum absolute atomic E-state index is 0.0194. The zero-order valence-corrected chi connectivity index (χ0v) is 10.5. The maximum Gasteiger partial charge on any atom is 0.225 e. The van der Waals surface area contributed by atoms with Crippen LogP contribution in [0, 0.1) is 10.8 Å². The molecule has 1 atom stereocenters. The molecule has 1 saturated heterocycles. The van der Waals surface area contributed by atoms with Crippen molar-refractivity contribution in [1.29, 1.82) is 0 Å². The van der Waals surface area contributed by atoms with Crippen LogP contribution in [0.4, 0.5) is 0 Å². The first kappa shape index (κ1) is 13.5. The number of amides is 1. The molecule has 0 spiro atoms. The van der Waals surface area contributed by atoms with E-state index >= 15 is 0 Å². The SMILES string of the molecule is CC(C)(C)C(=O)NC[C@]1(CO)CCCOC1. The number of carbonyl (C=O) groups excluding carboxylic acids is 1. The van der Waals surface area contributed by atoms with Gasteiger partial charge in [0.15, 0.2) is 0 Å². The summed E-state index contributed by atoms with van der Waals surface area (Å²) in [6.45, 7) is 7.50. The predicted octanol–water partition coefficient (Wildman–Crippen LogP) is 0.938. The van der Waals surface area contributed by atoms with E-state index in [0.717, 1.165) is 19.4 Å². The molecule has 0 aromatic carbocycles. The van der Waals surface area contributed by atoms with Crippen molar-refractivity contribution >= 4 is 5.91 Å². The first-order chi connectivity index (χ1) is 7.40. The molecule has 0 saturated carbocycles. The Morgan fingerprint density at radius 3 is 2.62 bits per heavy atom. The Bertz CT molecular complexity index is 239. The topological polar surface area (TPSA) is 58.6 Å². The highest BCUT2D eigenvalue weighted by molar-refractivity contribution is 5.81. The van der Waals surface area contributed by atoms with Crippen molar-refractivity contribution in [3.05, 3.63) is 0 Å². The van der Waals surface area contributed by atoms with Crippen LogP contribution in [0.5, 0.6) is 0 Å². The summed E-state index contributed by atoms with van der Waals surface area (Å²) in [6, 6.07) is 0. The molecule has 1 aliphatic rings. The van der Waals surface area contributed by atoms with Crippen molar-refractivity contribution in [3.63, 3.8) is 0 Å². The summed E-state index contributed by atoms with van der Waals surface area (Å²) < 4.78 is 5.38. The second-order valence-electron chi connectivity index (χ2n) is 5.75. The molecule has 1 amide bonds. The van der Waals surface area contributed by atoms with Gasteiger partial charge in [0.25, 0.3) is 0 Å². The van der Waals surface area contributed by atoms with Gasteiger partial charge in [-0.3, -0.25) is 4.79 Å². The van der Waals surface area contributed by atoms with E-state index in [-0.39, 0.29) is 23.3 Å². The van der Waals surface area contributed by atoms with E-state index < -0.39 is 0 Å². The molecule has 0 aliphatic carbocycles. The third-order valence-electron chi connectivity index (χ3n) is 3.04. The van der Waals surface area contributed by atoms with E-state index in [1.54, 1.807) is 0 Å². The fourth-order valence-corrected chi connectivity index (χ4v) is 1.76. The van der Waals surface area contributed by atoms with Crippen molar-refractivity contribution in [2.75, 3.05) is 26.4 Å². The summed E-state index contributed by atoms with van der Waals surface area (Å²) >= 11 is 0. The van der Waals surface area contributed by atoms with E-state index in [9.17, 15) is 9.90 Å². The van der Waals surface area contributed by atoms with Crippen molar-refractivity contribution in [3.8, 4) is 0 Å². The summed E-state index contributed by atoms with van der Waals surface area (Å²) in [4.78, 5) is 11.7. The average molecular weight is 229 g/mol. The van der Waals surface area contributed by atoms with E-state index in [4.69, 9.17) is 4.74 Å². The largest absolute Gasteiger partial charge is 0.396 e. The minimum atomic E-state index is -0.383. The van der Waals surface area contributed by atoms with Crippen molar-refractivity contribution < 1.29 is 14.6 Å². The van der Waals surface area contributed by atoms with Gasteiger partial charge in [-0.25, -0.2) is 0 Å². The molecule has 0 unspecified atom stereocenters. The van der Waals surface area contributed by atoms with E-state index in [1.807, 2.05) is 20.8 Å². The first-order valence-corrected chi connectivity index (χ1v) is 5.87. The van der Waals surface area contributed by atoms with Crippen LogP contribution in [0.1, 0.15) is 33.6 Å². The third-order valence-corrected chi connectivity index (χ3v) is 3.04. The van der Waals surface area contributed by atoms with Crippen LogP contribution >= 0.6 is 0 Å². The fourth-order valence-electron chi connectivity index (χ4n) is 1.76. The van der Waals surface area contributed by atoms with Crippen LogP contribution in [0.2, 0.25) is 0 Å². The second kappa shape index (κ2) is 5.15. The summed E-state index contributed by atoms with van der Waals surface area (Å²) in [5.74, 6) is 0.0194. The van der Waals surface area contributed by atoms with Gasteiger partial charge in [0.05, 0.1) is 13.2 Å². The maximum atomic E-state index is 11.7. The molecule has 1 aliphatic heterocycles. The summed E-state index contributed by atoms with van der Waals surface area (Å²) in [6.07, 6.45) is 1.86. The number of ether oxygens (including phenoxy) is 1. The van der Waals surface area contributed by atoms with E-state index in [2.05, 4.69) is 5.32 Å². The van der Waals surface area contributed by atoms with Crippen molar-refractivity contribution in [1.82, 2.24) is 5.32 Å². The molecule has 0 bridgehead atoms. The standard InChI is InChI=1S/C12H23NO3/c1-11(2,3)10(15)13-7-12(8-14)5-4-6-16-9-12/h14H,4-9H2,1-3H3,(H,13,15)/t12-/m0/s1. The zero-order chi connectivity index (χ0) is 12.2. The van der Waals surface area contributed by atoms with Gasteiger partial charge in [0, 0.05) is 24.0 Å². The van der Waals surface area contributed by atoms with Crippen molar-refractivity contribution in [2.45, 2.75) is 33.6 Å². The molecule has 94 valence electrons. The Morgan fingerprint density at radius 2 is 2.19 bits per heavy atom. The Morgan fingerprint density at radius 1 is 1.50 bits per heavy atom. The zero-order valence-electron chi connectivity index (χ0n) is 10.5. The lowest BCUT2D eigenvalue weighted by molar-refractivity contribution is -0.130. The lowest BCUT2D eigenvalue weighted by Gasteiger charge is -2.36. The first-order valence-electron chi connectivity index (χ1n) is 5.87. The van der Waals surface area contributed by atoms with Gasteiger partial charge in [0.1, 0.15) is 0 Å². The summed E-state index contributed by atoms with van der Waals surface area (Å²) in [5, 5.41) is 12.3. The summed E-state index contributed by atoms with van der Waals surface area (Å²) in [7, 11) is 0. The third kappa shape index (κ3) is 3.46. The molecule has 1 rings (SSSR count). The Labute approximate surface area is 97.4 Å². The normalized spacial score (nSPS) is 26.5. The quantitative estimate of drug-likeness (QED) is 0.757. The molecule has 2 N–H and O–H groups in total. The molecule has 1 fully saturated rings. The van der Waals surface area contributed by atoms with Gasteiger partial charge in [-0.2, -0.15) is 0 Å².